The van der Waals surface area contributed by atoms with E-state index in [2.05, 4.69) is 116 Å². The number of carbonyl (C=O) groups excluding carboxylic acids is 1. The van der Waals surface area contributed by atoms with Gasteiger partial charge in [-0.05, 0) is 96.3 Å². The number of quaternary nitrogens is 1. The van der Waals surface area contributed by atoms with Crippen LogP contribution in [0.4, 0.5) is 0 Å². The van der Waals surface area contributed by atoms with E-state index in [9.17, 15) is 24.5 Å². The summed E-state index contributed by atoms with van der Waals surface area (Å²) < 4.78 is 23.1. The van der Waals surface area contributed by atoms with Gasteiger partial charge in [-0.2, -0.15) is 0 Å². The van der Waals surface area contributed by atoms with E-state index in [1.807, 2.05) is 21.1 Å². The fourth-order valence-corrected chi connectivity index (χ4v) is 7.19. The van der Waals surface area contributed by atoms with Crippen molar-refractivity contribution in [3.8, 4) is 0 Å². The van der Waals surface area contributed by atoms with Crippen molar-refractivity contribution in [3.63, 3.8) is 0 Å². The summed E-state index contributed by atoms with van der Waals surface area (Å²) in [4.78, 5) is 25.4. The molecule has 0 rings (SSSR count). The summed E-state index contributed by atoms with van der Waals surface area (Å²) >= 11 is 0. The van der Waals surface area contributed by atoms with Gasteiger partial charge in [-0.3, -0.25) is 9.36 Å². The molecule has 0 aliphatic heterocycles. The summed E-state index contributed by atoms with van der Waals surface area (Å²) in [6, 6.07) is -1.11. The molecule has 10 heteroatoms. The molecule has 0 aromatic rings. The van der Waals surface area contributed by atoms with Crippen LogP contribution in [0.3, 0.4) is 0 Å². The van der Waals surface area contributed by atoms with Crippen molar-refractivity contribution < 1.29 is 38.0 Å². The number of amides is 1. The second-order valence-corrected chi connectivity index (χ2v) is 19.0. The number of nitrogens with one attached hydrogen (secondary N) is 1. The zero-order valence-electron chi connectivity index (χ0n) is 40.6. The lowest BCUT2D eigenvalue weighted by Crippen LogP contribution is -2.51. The van der Waals surface area contributed by atoms with Crippen molar-refractivity contribution in [1.29, 1.82) is 0 Å². The molecule has 362 valence electrons. The van der Waals surface area contributed by atoms with E-state index in [1.54, 1.807) is 0 Å². The molecule has 0 fully saturated rings. The zero-order valence-corrected chi connectivity index (χ0v) is 41.5. The van der Waals surface area contributed by atoms with Gasteiger partial charge in [0.15, 0.2) is 0 Å². The van der Waals surface area contributed by atoms with Gasteiger partial charge in [-0.1, -0.05) is 169 Å². The van der Waals surface area contributed by atoms with Crippen LogP contribution in [0.5, 0.6) is 0 Å². The van der Waals surface area contributed by atoms with Crippen molar-refractivity contribution in [2.24, 2.45) is 0 Å². The first-order chi connectivity index (χ1) is 30.4. The molecule has 4 unspecified atom stereocenters. The van der Waals surface area contributed by atoms with Gasteiger partial charge in [-0.25, -0.2) is 0 Å². The van der Waals surface area contributed by atoms with Gasteiger partial charge in [0.1, 0.15) is 19.3 Å². The molecule has 0 aromatic carbocycles. The summed E-state index contributed by atoms with van der Waals surface area (Å²) in [6.45, 7) is 4.25. The van der Waals surface area contributed by atoms with Crippen LogP contribution in [-0.4, -0.2) is 79.8 Å². The Hall–Kier alpha value is -2.62. The highest BCUT2D eigenvalue weighted by atomic mass is 31.2. The van der Waals surface area contributed by atoms with E-state index in [0.717, 1.165) is 89.9 Å². The number of likely N-dealkylation sites (N-methyl/N-ethyl adjacent to an activating group) is 1. The maximum absolute atomic E-state index is 12.9. The van der Waals surface area contributed by atoms with Gasteiger partial charge in [0.2, 0.25) is 5.91 Å². The lowest BCUT2D eigenvalue weighted by Gasteiger charge is -2.31. The van der Waals surface area contributed by atoms with E-state index < -0.39 is 32.7 Å². The van der Waals surface area contributed by atoms with E-state index in [0.29, 0.717) is 30.3 Å². The Bertz CT molecular complexity index is 1360. The number of allylic oxidation sites excluding steroid dienone is 16. The van der Waals surface area contributed by atoms with Crippen molar-refractivity contribution >= 4 is 13.7 Å². The number of aliphatic hydroxyl groups excluding tert-OH is 2. The maximum atomic E-state index is 12.9. The summed E-state index contributed by atoms with van der Waals surface area (Å²) in [6.07, 6.45) is 57.4. The highest BCUT2D eigenvalue weighted by molar-refractivity contribution is 7.45. The van der Waals surface area contributed by atoms with Crippen LogP contribution < -0.4 is 10.2 Å². The Kier molecular flexibility index (Phi) is 41.5. The number of hydrogen-bond acceptors (Lipinski definition) is 7. The van der Waals surface area contributed by atoms with Crippen LogP contribution in [0.2, 0.25) is 0 Å². The normalized spacial score (nSPS) is 15.5. The van der Waals surface area contributed by atoms with Crippen molar-refractivity contribution in [2.75, 3.05) is 40.9 Å². The minimum atomic E-state index is -4.69. The van der Waals surface area contributed by atoms with Crippen LogP contribution in [0.25, 0.3) is 0 Å². The fraction of sp³-hybridized carbons (Fsp3) is 0.679. The third-order valence-electron chi connectivity index (χ3n) is 10.4. The highest BCUT2D eigenvalue weighted by Crippen LogP contribution is 2.38. The fourth-order valence-electron chi connectivity index (χ4n) is 6.47. The van der Waals surface area contributed by atoms with Crippen molar-refractivity contribution in [1.82, 2.24) is 5.32 Å². The average molecular weight is 901 g/mol. The highest BCUT2D eigenvalue weighted by Gasteiger charge is 2.29. The monoisotopic (exact) mass is 901 g/mol. The Morgan fingerprint density at radius 1 is 0.587 bits per heavy atom. The number of carbonyl (C=O) groups is 1. The second kappa shape index (κ2) is 43.3. The zero-order chi connectivity index (χ0) is 46.5. The minimum absolute atomic E-state index is 0.0560. The average Bonchev–Trinajstić information content (AvgIpc) is 3.24. The van der Waals surface area contributed by atoms with Crippen LogP contribution >= 0.6 is 7.82 Å². The Morgan fingerprint density at radius 2 is 1.00 bits per heavy atom. The number of rotatable bonds is 43. The molecule has 63 heavy (non-hydrogen) atoms. The molecule has 0 saturated carbocycles. The summed E-state index contributed by atoms with van der Waals surface area (Å²) in [7, 11) is 1.07. The third-order valence-corrected chi connectivity index (χ3v) is 11.4. The first-order valence-corrected chi connectivity index (χ1v) is 26.1. The number of phosphoric ester groups is 1. The number of hydrogen-bond donors (Lipinski definition) is 3. The molecule has 3 N–H and O–H groups in total. The first kappa shape index (κ1) is 60.4. The molecule has 4 atom stereocenters. The molecule has 9 nitrogen and oxygen atoms in total. The molecule has 0 radical (unpaired) electrons. The van der Waals surface area contributed by atoms with Gasteiger partial charge in [0, 0.05) is 6.42 Å². The topological polar surface area (TPSA) is 128 Å². The number of nitrogens with zero attached hydrogens (tertiary/aromatic N) is 1. The molecular weight excluding hydrogens is 808 g/mol. The van der Waals surface area contributed by atoms with Gasteiger partial charge in [0.05, 0.1) is 39.9 Å². The summed E-state index contributed by atoms with van der Waals surface area (Å²) in [5.41, 5.74) is 0. The molecule has 0 aromatic heterocycles. The lowest BCUT2D eigenvalue weighted by molar-refractivity contribution is -0.870. The predicted octanol–water partition coefficient (Wildman–Crippen LogP) is 12.6. The standard InChI is InChI=1S/C53H93N2O7P/c1-6-8-10-12-14-16-18-20-21-22-23-24-25-26-27-28-29-30-31-32-33-34-36-38-40-42-44-46-52(57)54-50(49-62-63(59,60)61-48-47-55(3,4)5)53(58)51(56)45-43-41-39-37-35-19-17-15-13-11-9-7-2/h8,10,14,16,20-21,23-24,26-27,29-30,32-33,37,39,50-51,53,56,58H,6-7,9,11-13,15,17-19,22,25,28,31,34-36,38,40-49H2,1-5H3,(H-,54,57,59,60)/b10-8-,16-14-,21-20-,24-23-,27-26-,30-29-,33-32-,39-37+. The lowest BCUT2D eigenvalue weighted by atomic mass is 10.0. The quantitative estimate of drug-likeness (QED) is 0.0241. The van der Waals surface area contributed by atoms with E-state index in [-0.39, 0.29) is 18.9 Å². The molecule has 0 aliphatic carbocycles. The molecule has 0 aliphatic rings. The SMILES string of the molecule is CC/C=C\C/C=C\C/C=C\C/C=C\C/C=C\C/C=C\C/C=C\CCCCCCCC(=O)NC(COP(=O)([O-])OCC[N+](C)(C)C)C(O)C(O)CCC/C=C/CCCCCCCCC. The molecule has 0 spiro atoms. The number of aliphatic hydroxyl groups is 2. The molecular formula is C53H93N2O7P. The summed E-state index contributed by atoms with van der Waals surface area (Å²) in [5, 5.41) is 24.6. The van der Waals surface area contributed by atoms with Crippen molar-refractivity contribution in [3.05, 3.63) is 97.2 Å². The summed E-state index contributed by atoms with van der Waals surface area (Å²) in [5.74, 6) is -0.313. The largest absolute Gasteiger partial charge is 0.756 e. The van der Waals surface area contributed by atoms with E-state index >= 15 is 0 Å². The minimum Gasteiger partial charge on any atom is -0.756 e. The Labute approximate surface area is 386 Å². The Morgan fingerprint density at radius 3 is 1.48 bits per heavy atom. The van der Waals surface area contributed by atoms with Crippen molar-refractivity contribution in [2.45, 2.75) is 193 Å². The van der Waals surface area contributed by atoms with Gasteiger partial charge in [0.25, 0.3) is 7.82 Å². The molecule has 0 saturated heterocycles. The number of phosphoric acid groups is 1. The first-order valence-electron chi connectivity index (χ1n) is 24.7. The molecule has 0 bridgehead atoms. The van der Waals surface area contributed by atoms with Gasteiger partial charge >= 0.3 is 0 Å². The van der Waals surface area contributed by atoms with E-state index in [4.69, 9.17) is 9.05 Å². The second-order valence-electron chi connectivity index (χ2n) is 17.6. The van der Waals surface area contributed by atoms with E-state index in [1.165, 1.54) is 44.9 Å². The van der Waals surface area contributed by atoms with Gasteiger partial charge in [-0.15, -0.1) is 0 Å². The van der Waals surface area contributed by atoms with Crippen LogP contribution in [0.15, 0.2) is 97.2 Å². The third kappa shape index (κ3) is 44.4. The van der Waals surface area contributed by atoms with Crippen LogP contribution in [0, 0.1) is 0 Å². The maximum Gasteiger partial charge on any atom is 0.268 e. The van der Waals surface area contributed by atoms with Gasteiger partial charge < -0.3 is 34.0 Å². The van der Waals surface area contributed by atoms with Crippen LogP contribution in [0.1, 0.15) is 174 Å². The number of unbranched alkanes of at least 4 members (excludes halogenated alkanes) is 13. The molecule has 0 heterocycles. The van der Waals surface area contributed by atoms with Crippen LogP contribution in [-0.2, 0) is 18.4 Å². The Balaban J connectivity index is 4.44. The molecule has 1 amide bonds. The smallest absolute Gasteiger partial charge is 0.268 e. The predicted molar refractivity (Wildman–Crippen MR) is 266 cm³/mol.